The molecule has 1 fully saturated rings. The molecule has 19 heteroatoms. The molecule has 0 aliphatic carbocycles. The Balaban J connectivity index is 1.03. The van der Waals surface area contributed by atoms with Gasteiger partial charge in [-0.25, -0.2) is 21.6 Å². The number of aromatic nitrogens is 1. The zero-order valence-electron chi connectivity index (χ0n) is 32.7. The van der Waals surface area contributed by atoms with Crippen molar-refractivity contribution in [1.82, 2.24) is 4.57 Å². The van der Waals surface area contributed by atoms with Gasteiger partial charge in [-0.2, -0.15) is 13.2 Å². The van der Waals surface area contributed by atoms with Gasteiger partial charge in [0.05, 0.1) is 10.6 Å². The number of sulfonamides is 1. The predicted octanol–water partition coefficient (Wildman–Crippen LogP) is 9.99. The highest BCUT2D eigenvalue weighted by Crippen LogP contribution is 2.43. The molecule has 3 N–H and O–H groups in total. The average molecular weight is 945 g/mol. The molecule has 6 aromatic rings. The topological polar surface area (TPSA) is 141 Å². The molecule has 2 heterocycles. The maximum atomic E-state index is 13.8. The van der Waals surface area contributed by atoms with Gasteiger partial charge < -0.3 is 24.8 Å². The third-order valence-electron chi connectivity index (χ3n) is 10.2. The number of piperazine rings is 1. The largest absolute Gasteiger partial charge is 0.501 e. The Labute approximate surface area is 371 Å². The van der Waals surface area contributed by atoms with Crippen LogP contribution in [0.3, 0.4) is 0 Å². The lowest BCUT2D eigenvalue weighted by molar-refractivity contribution is -0.0435. The number of benzene rings is 5. The molecule has 0 saturated carbocycles. The van der Waals surface area contributed by atoms with Crippen molar-refractivity contribution >= 4 is 83.5 Å². The first-order chi connectivity index (χ1) is 29.4. The zero-order chi connectivity index (χ0) is 44.4. The van der Waals surface area contributed by atoms with Crippen molar-refractivity contribution in [2.75, 3.05) is 58.3 Å². The van der Waals surface area contributed by atoms with E-state index in [9.17, 15) is 39.9 Å². The lowest BCUT2D eigenvalue weighted by Crippen LogP contribution is -2.46. The van der Waals surface area contributed by atoms with E-state index in [2.05, 4.69) is 19.8 Å². The van der Waals surface area contributed by atoms with Gasteiger partial charge in [-0.1, -0.05) is 65.7 Å². The van der Waals surface area contributed by atoms with E-state index in [0.29, 0.717) is 65.3 Å². The summed E-state index contributed by atoms with van der Waals surface area (Å²) >= 11 is 14.3. The van der Waals surface area contributed by atoms with Gasteiger partial charge in [0, 0.05) is 83.6 Å². The van der Waals surface area contributed by atoms with Crippen LogP contribution in [-0.2, 0) is 26.9 Å². The first kappa shape index (κ1) is 44.7. The van der Waals surface area contributed by atoms with Gasteiger partial charge in [-0.15, -0.1) is 11.8 Å². The number of halogens is 5. The number of hydrogen-bond acceptors (Lipinski definition) is 9. The summed E-state index contributed by atoms with van der Waals surface area (Å²) in [5.41, 5.74) is -1.77. The minimum absolute atomic E-state index is 0.0436. The molecule has 7 rings (SSSR count). The molecule has 0 atom stereocenters. The SMILES string of the molecule is Cn1c(Cl)c(-c2ccc(Cl)cc2)c(-c2cccc(N3CCN(c4ccc(NS(=O)(=O)c5ccc(NCCSc6ccccc6)c(S(=O)(=O)C(F)(F)F)c5)cc4)CC3)c2)c1C(=O)O. The summed E-state index contributed by atoms with van der Waals surface area (Å²) in [6.07, 6.45) is 0. The van der Waals surface area contributed by atoms with E-state index in [4.69, 9.17) is 23.2 Å². The van der Waals surface area contributed by atoms with Crippen molar-refractivity contribution < 1.29 is 39.9 Å². The summed E-state index contributed by atoms with van der Waals surface area (Å²) in [7, 11) is -8.85. The van der Waals surface area contributed by atoms with Gasteiger partial charge in [-0.05, 0) is 90.0 Å². The van der Waals surface area contributed by atoms with E-state index >= 15 is 0 Å². The number of hydrogen-bond donors (Lipinski definition) is 3. The zero-order valence-corrected chi connectivity index (χ0v) is 36.7. The van der Waals surface area contributed by atoms with Crippen LogP contribution in [0.2, 0.25) is 10.2 Å². The van der Waals surface area contributed by atoms with Crippen molar-refractivity contribution in [1.29, 1.82) is 0 Å². The van der Waals surface area contributed by atoms with Crippen LogP contribution < -0.4 is 19.8 Å². The van der Waals surface area contributed by atoms with Crippen LogP contribution in [0, 0.1) is 0 Å². The van der Waals surface area contributed by atoms with Gasteiger partial charge in [0.2, 0.25) is 0 Å². The Kier molecular flexibility index (Phi) is 13.1. The van der Waals surface area contributed by atoms with Crippen LogP contribution in [-0.4, -0.2) is 76.5 Å². The number of aromatic carboxylic acids is 1. The molecule has 0 spiro atoms. The summed E-state index contributed by atoms with van der Waals surface area (Å²) in [5, 5.41) is 13.8. The second-order valence-electron chi connectivity index (χ2n) is 14.1. The van der Waals surface area contributed by atoms with Crippen LogP contribution in [0.25, 0.3) is 22.3 Å². The molecule has 1 saturated heterocycles. The molecular formula is C43H38Cl2F3N5O6S3. The van der Waals surface area contributed by atoms with E-state index < -0.39 is 41.1 Å². The summed E-state index contributed by atoms with van der Waals surface area (Å²) in [6.45, 7) is 2.48. The lowest BCUT2D eigenvalue weighted by atomic mass is 9.96. The quantitative estimate of drug-likeness (QED) is 0.0714. The number of carboxylic acid groups (broad SMARTS) is 1. The molecule has 0 radical (unpaired) electrons. The molecule has 0 bridgehead atoms. The molecule has 0 amide bonds. The third-order valence-corrected chi connectivity index (χ3v) is 14.8. The number of carboxylic acids is 1. The minimum Gasteiger partial charge on any atom is -0.477 e. The monoisotopic (exact) mass is 943 g/mol. The normalized spacial score (nSPS) is 13.6. The maximum Gasteiger partial charge on any atom is 0.501 e. The summed E-state index contributed by atoms with van der Waals surface area (Å²) in [6, 6.07) is 32.9. The lowest BCUT2D eigenvalue weighted by Gasteiger charge is -2.37. The van der Waals surface area contributed by atoms with Crippen molar-refractivity contribution in [3.05, 3.63) is 137 Å². The second-order valence-corrected chi connectivity index (χ2v) is 19.7. The molecule has 62 heavy (non-hydrogen) atoms. The number of sulfone groups is 1. The molecule has 1 aromatic heterocycles. The van der Waals surface area contributed by atoms with Gasteiger partial charge in [0.1, 0.15) is 15.7 Å². The Morgan fingerprint density at radius 2 is 1.40 bits per heavy atom. The summed E-state index contributed by atoms with van der Waals surface area (Å²) in [5.74, 6) is -0.731. The number of anilines is 4. The van der Waals surface area contributed by atoms with Crippen molar-refractivity contribution in [3.8, 4) is 22.3 Å². The number of thioether (sulfide) groups is 1. The minimum atomic E-state index is -5.93. The number of carbonyl (C=O) groups is 1. The molecule has 1 aliphatic rings. The second kappa shape index (κ2) is 18.2. The van der Waals surface area contributed by atoms with E-state index in [1.165, 1.54) is 28.5 Å². The standard InChI is InChI=1S/C43H38Cl2F3N5O6S3/c1-51-40(42(54)55)38(39(41(51)45)28-10-12-30(44)13-11-28)29-6-5-7-33(26-29)53-23-21-52(22-24-53)32-16-14-31(15-17-32)50-62(58,59)35-18-19-36(37(27-35)61(56,57)43(46,47)48)49-20-25-60-34-8-3-2-4-9-34/h2-19,26-27,49-50H,20-25H2,1H3,(H,54,55). The van der Waals surface area contributed by atoms with Crippen molar-refractivity contribution in [3.63, 3.8) is 0 Å². The van der Waals surface area contributed by atoms with Crippen molar-refractivity contribution in [2.45, 2.75) is 20.2 Å². The number of alkyl halides is 3. The Morgan fingerprint density at radius 1 is 0.758 bits per heavy atom. The van der Waals surface area contributed by atoms with E-state index in [1.807, 2.05) is 54.6 Å². The number of nitrogens with one attached hydrogen (secondary N) is 2. The van der Waals surface area contributed by atoms with Crippen molar-refractivity contribution in [2.24, 2.45) is 7.05 Å². The van der Waals surface area contributed by atoms with Crippen LogP contribution >= 0.6 is 35.0 Å². The first-order valence-electron chi connectivity index (χ1n) is 18.9. The average Bonchev–Trinajstić information content (AvgIpc) is 3.52. The fourth-order valence-corrected chi connectivity index (χ4v) is 10.5. The molecule has 1 aliphatic heterocycles. The maximum absolute atomic E-state index is 13.8. The molecule has 0 unspecified atom stereocenters. The summed E-state index contributed by atoms with van der Waals surface area (Å²) < 4.78 is 97.2. The highest BCUT2D eigenvalue weighted by atomic mass is 35.5. The van der Waals surface area contributed by atoms with Crippen LogP contribution in [0.4, 0.5) is 35.9 Å². The third kappa shape index (κ3) is 9.51. The number of nitrogens with zero attached hydrogens (tertiary/aromatic N) is 3. The van der Waals surface area contributed by atoms with E-state index in [1.54, 1.807) is 43.4 Å². The van der Waals surface area contributed by atoms with Gasteiger partial charge in [0.25, 0.3) is 19.9 Å². The molecule has 11 nitrogen and oxygen atoms in total. The highest BCUT2D eigenvalue weighted by Gasteiger charge is 2.48. The summed E-state index contributed by atoms with van der Waals surface area (Å²) in [4.78, 5) is 15.9. The fourth-order valence-electron chi connectivity index (χ4n) is 7.14. The van der Waals surface area contributed by atoms with Gasteiger partial charge in [0.15, 0.2) is 0 Å². The number of rotatable bonds is 14. The van der Waals surface area contributed by atoms with Crippen LogP contribution in [0.5, 0.6) is 0 Å². The molecule has 324 valence electrons. The molecular weight excluding hydrogens is 907 g/mol. The fraction of sp³-hybridized carbons (Fsp3) is 0.186. The first-order valence-corrected chi connectivity index (χ1v) is 23.6. The highest BCUT2D eigenvalue weighted by molar-refractivity contribution is 7.99. The van der Waals surface area contributed by atoms with Crippen LogP contribution in [0.1, 0.15) is 10.5 Å². The van der Waals surface area contributed by atoms with Crippen LogP contribution in [0.15, 0.2) is 136 Å². The molecule has 5 aromatic carbocycles. The van der Waals surface area contributed by atoms with Gasteiger partial charge >= 0.3 is 11.5 Å². The Bertz CT molecular complexity index is 2820. The van der Waals surface area contributed by atoms with E-state index in [0.717, 1.165) is 28.4 Å². The Hall–Kier alpha value is -5.33. The van der Waals surface area contributed by atoms with E-state index in [-0.39, 0.29) is 28.8 Å². The smallest absolute Gasteiger partial charge is 0.477 e. The predicted molar refractivity (Wildman–Crippen MR) is 240 cm³/mol. The Morgan fingerprint density at radius 3 is 2.03 bits per heavy atom. The van der Waals surface area contributed by atoms with Gasteiger partial charge in [-0.3, -0.25) is 4.72 Å².